The van der Waals surface area contributed by atoms with Gasteiger partial charge in [0, 0.05) is 19.3 Å². The maximum atomic E-state index is 10.2. The van der Waals surface area contributed by atoms with Gasteiger partial charge in [0.05, 0.1) is 6.42 Å². The Hall–Kier alpha value is -1.39. The quantitative estimate of drug-likeness (QED) is 0.453. The van der Waals surface area contributed by atoms with E-state index < -0.39 is 5.97 Å². The Morgan fingerprint density at radius 3 is 2.94 bits per heavy atom. The smallest absolute Gasteiger partial charge is 0.307 e. The van der Waals surface area contributed by atoms with Crippen LogP contribution in [0.2, 0.25) is 5.15 Å². The molecule has 1 aromatic heterocycles. The van der Waals surface area contributed by atoms with Crippen molar-refractivity contribution in [3.63, 3.8) is 0 Å². The van der Waals surface area contributed by atoms with Gasteiger partial charge in [-0.3, -0.25) is 4.79 Å². The summed E-state index contributed by atoms with van der Waals surface area (Å²) in [6.07, 6.45) is 5.17. The fraction of sp³-hybridized carbons (Fsp3) is 0.273. The van der Waals surface area contributed by atoms with Crippen molar-refractivity contribution in [3.8, 4) is 0 Å². The molecule has 0 fully saturated rings. The van der Waals surface area contributed by atoms with Crippen molar-refractivity contribution in [3.05, 3.63) is 41.2 Å². The Morgan fingerprint density at radius 1 is 1.50 bits per heavy atom. The van der Waals surface area contributed by atoms with Gasteiger partial charge >= 0.3 is 5.97 Å². The van der Waals surface area contributed by atoms with Gasteiger partial charge in [-0.05, 0) is 11.6 Å². The summed E-state index contributed by atoms with van der Waals surface area (Å²) in [5, 5.41) is 12.0. The minimum absolute atomic E-state index is 0.0597. The molecule has 1 heterocycles. The predicted octanol–water partition coefficient (Wildman–Crippen LogP) is 1.86. The molecule has 4 nitrogen and oxygen atoms in total. The van der Waals surface area contributed by atoms with Gasteiger partial charge in [-0.2, -0.15) is 0 Å². The Bertz CT molecular complexity index is 363. The lowest BCUT2D eigenvalue weighted by Gasteiger charge is -2.01. The summed E-state index contributed by atoms with van der Waals surface area (Å²) in [6.45, 7) is 1.32. The normalized spacial score (nSPS) is 10.8. The number of nitrogens with zero attached hydrogens (tertiary/aromatic N) is 1. The third kappa shape index (κ3) is 5.48. The zero-order chi connectivity index (χ0) is 11.8. The van der Waals surface area contributed by atoms with Crippen molar-refractivity contribution in [2.75, 3.05) is 6.54 Å². The lowest BCUT2D eigenvalue weighted by molar-refractivity contribution is -0.136. The monoisotopic (exact) mass is 240 g/mol. The van der Waals surface area contributed by atoms with Crippen LogP contribution in [-0.2, 0) is 11.3 Å². The van der Waals surface area contributed by atoms with E-state index in [0.717, 1.165) is 5.56 Å². The van der Waals surface area contributed by atoms with Crippen LogP contribution >= 0.6 is 11.6 Å². The van der Waals surface area contributed by atoms with Crippen molar-refractivity contribution >= 4 is 17.6 Å². The van der Waals surface area contributed by atoms with Crippen LogP contribution in [0, 0.1) is 0 Å². The van der Waals surface area contributed by atoms with Gasteiger partial charge in [0.1, 0.15) is 5.15 Å². The highest BCUT2D eigenvalue weighted by Crippen LogP contribution is 2.04. The fourth-order valence-corrected chi connectivity index (χ4v) is 1.19. The van der Waals surface area contributed by atoms with Crippen LogP contribution in [-0.4, -0.2) is 22.6 Å². The summed E-state index contributed by atoms with van der Waals surface area (Å²) >= 11 is 5.65. The van der Waals surface area contributed by atoms with Gasteiger partial charge in [0.2, 0.25) is 0 Å². The molecule has 5 heteroatoms. The molecule has 0 bridgehead atoms. The molecule has 0 aliphatic rings. The third-order valence-electron chi connectivity index (χ3n) is 1.84. The number of hydrogen-bond donors (Lipinski definition) is 2. The highest BCUT2D eigenvalue weighted by atomic mass is 35.5. The average molecular weight is 241 g/mol. The van der Waals surface area contributed by atoms with E-state index in [-0.39, 0.29) is 6.42 Å². The maximum absolute atomic E-state index is 10.2. The summed E-state index contributed by atoms with van der Waals surface area (Å²) in [7, 11) is 0. The summed E-state index contributed by atoms with van der Waals surface area (Å²) < 4.78 is 0. The highest BCUT2D eigenvalue weighted by molar-refractivity contribution is 6.29. The first kappa shape index (κ1) is 12.7. The van der Waals surface area contributed by atoms with Gasteiger partial charge in [-0.1, -0.05) is 29.8 Å². The van der Waals surface area contributed by atoms with E-state index in [1.807, 2.05) is 6.07 Å². The minimum atomic E-state index is -0.821. The number of nitrogens with one attached hydrogen (secondary N) is 1. The number of hydrogen-bond acceptors (Lipinski definition) is 3. The second-order valence-corrected chi connectivity index (χ2v) is 3.58. The van der Waals surface area contributed by atoms with Gasteiger partial charge < -0.3 is 10.4 Å². The first-order chi connectivity index (χ1) is 7.68. The molecule has 1 rings (SSSR count). The Balaban J connectivity index is 2.18. The highest BCUT2D eigenvalue weighted by Gasteiger charge is 1.92. The molecular weight excluding hydrogens is 228 g/mol. The molecule has 0 aliphatic heterocycles. The van der Waals surface area contributed by atoms with Crippen LogP contribution in [0.3, 0.4) is 0 Å². The third-order valence-corrected chi connectivity index (χ3v) is 2.06. The minimum Gasteiger partial charge on any atom is -0.481 e. The lowest BCUT2D eigenvalue weighted by atomic mass is 10.3. The predicted molar refractivity (Wildman–Crippen MR) is 62.3 cm³/mol. The molecule has 0 amide bonds. The van der Waals surface area contributed by atoms with Crippen LogP contribution in [0.5, 0.6) is 0 Å². The summed E-state index contributed by atoms with van der Waals surface area (Å²) in [5.74, 6) is -0.821. The standard InChI is InChI=1S/C11H13ClN2O2/c12-10-5-4-9(8-14-10)7-13-6-2-1-3-11(15)16/h1-2,4-5,8,13H,3,6-7H2,(H,15,16). The Kier molecular flexibility index (Phi) is 5.53. The largest absolute Gasteiger partial charge is 0.481 e. The van der Waals surface area contributed by atoms with E-state index in [1.165, 1.54) is 0 Å². The van der Waals surface area contributed by atoms with Gasteiger partial charge in [-0.25, -0.2) is 4.98 Å². The molecule has 0 saturated heterocycles. The van der Waals surface area contributed by atoms with Crippen LogP contribution in [0.15, 0.2) is 30.5 Å². The first-order valence-electron chi connectivity index (χ1n) is 4.86. The number of pyridine rings is 1. The van der Waals surface area contributed by atoms with E-state index in [2.05, 4.69) is 10.3 Å². The molecule has 1 aromatic rings. The number of aromatic nitrogens is 1. The number of halogens is 1. The molecule has 86 valence electrons. The molecular formula is C11H13ClN2O2. The molecule has 0 unspecified atom stereocenters. The number of carboxylic acids is 1. The molecule has 2 N–H and O–H groups in total. The molecule has 0 atom stereocenters. The SMILES string of the molecule is O=C(O)CC=CCNCc1ccc(Cl)nc1. The fourth-order valence-electron chi connectivity index (χ4n) is 1.08. The van der Waals surface area contributed by atoms with Gasteiger partial charge in [0.15, 0.2) is 0 Å². The Labute approximate surface area is 99.0 Å². The van der Waals surface area contributed by atoms with E-state index in [0.29, 0.717) is 18.2 Å². The van der Waals surface area contributed by atoms with Gasteiger partial charge in [0.25, 0.3) is 0 Å². The van der Waals surface area contributed by atoms with E-state index >= 15 is 0 Å². The van der Waals surface area contributed by atoms with E-state index in [9.17, 15) is 4.79 Å². The van der Waals surface area contributed by atoms with Crippen LogP contribution in [0.25, 0.3) is 0 Å². The number of carbonyl (C=O) groups is 1. The van der Waals surface area contributed by atoms with Gasteiger partial charge in [-0.15, -0.1) is 0 Å². The molecule has 0 saturated carbocycles. The number of rotatable bonds is 6. The van der Waals surface area contributed by atoms with Crippen molar-refractivity contribution in [2.24, 2.45) is 0 Å². The Morgan fingerprint density at radius 2 is 2.31 bits per heavy atom. The summed E-state index contributed by atoms with van der Waals surface area (Å²) in [5.41, 5.74) is 1.04. The lowest BCUT2D eigenvalue weighted by Crippen LogP contribution is -2.12. The molecule has 0 spiro atoms. The van der Waals surface area contributed by atoms with Crippen LogP contribution in [0.4, 0.5) is 0 Å². The van der Waals surface area contributed by atoms with Crippen LogP contribution in [0.1, 0.15) is 12.0 Å². The molecule has 16 heavy (non-hydrogen) atoms. The second-order valence-electron chi connectivity index (χ2n) is 3.19. The maximum Gasteiger partial charge on any atom is 0.307 e. The van der Waals surface area contributed by atoms with Crippen molar-refractivity contribution in [1.82, 2.24) is 10.3 Å². The zero-order valence-electron chi connectivity index (χ0n) is 8.69. The average Bonchev–Trinajstić information content (AvgIpc) is 2.25. The number of aliphatic carboxylic acids is 1. The van der Waals surface area contributed by atoms with E-state index in [1.54, 1.807) is 24.4 Å². The topological polar surface area (TPSA) is 62.2 Å². The van der Waals surface area contributed by atoms with Crippen molar-refractivity contribution in [2.45, 2.75) is 13.0 Å². The summed E-state index contributed by atoms with van der Waals surface area (Å²) in [6, 6.07) is 3.63. The molecule has 0 radical (unpaired) electrons. The molecule has 0 aliphatic carbocycles. The first-order valence-corrected chi connectivity index (χ1v) is 5.24. The van der Waals surface area contributed by atoms with E-state index in [4.69, 9.17) is 16.7 Å². The number of carboxylic acid groups (broad SMARTS) is 1. The zero-order valence-corrected chi connectivity index (χ0v) is 9.44. The second kappa shape index (κ2) is 6.98. The summed E-state index contributed by atoms with van der Waals surface area (Å²) in [4.78, 5) is 14.1. The van der Waals surface area contributed by atoms with Crippen molar-refractivity contribution < 1.29 is 9.90 Å². The molecule has 0 aromatic carbocycles. The van der Waals surface area contributed by atoms with Crippen LogP contribution < -0.4 is 5.32 Å². The van der Waals surface area contributed by atoms with Crippen molar-refractivity contribution in [1.29, 1.82) is 0 Å².